The van der Waals surface area contributed by atoms with Gasteiger partial charge in [0.1, 0.15) is 0 Å². The molecule has 174 valence electrons. The van der Waals surface area contributed by atoms with E-state index in [0.717, 1.165) is 37.1 Å². The van der Waals surface area contributed by atoms with Gasteiger partial charge in [-0.05, 0) is 63.4 Å². The van der Waals surface area contributed by atoms with Crippen LogP contribution in [0, 0.1) is 20.8 Å². The lowest BCUT2D eigenvalue weighted by atomic mass is 10.1. The highest BCUT2D eigenvalue weighted by Gasteiger charge is 2.27. The van der Waals surface area contributed by atoms with Gasteiger partial charge < -0.3 is 5.32 Å². The number of anilines is 1. The van der Waals surface area contributed by atoms with Crippen LogP contribution >= 0.6 is 0 Å². The SMILES string of the molecule is Cc1ccc(NC(=O)c2c(C)nn(-c3ccccc3)c2C)cc1S(=O)(=O)N1CCCCCC1. The summed E-state index contributed by atoms with van der Waals surface area (Å²) in [6, 6.07) is 14.7. The summed E-state index contributed by atoms with van der Waals surface area (Å²) in [4.78, 5) is 13.4. The molecule has 1 aliphatic rings. The van der Waals surface area contributed by atoms with Gasteiger partial charge in [-0.25, -0.2) is 13.1 Å². The molecule has 0 radical (unpaired) electrons. The van der Waals surface area contributed by atoms with Crippen LogP contribution in [0.5, 0.6) is 0 Å². The van der Waals surface area contributed by atoms with Crippen molar-refractivity contribution in [3.63, 3.8) is 0 Å². The quantitative estimate of drug-likeness (QED) is 0.595. The van der Waals surface area contributed by atoms with Crippen molar-refractivity contribution in [3.05, 3.63) is 71.0 Å². The summed E-state index contributed by atoms with van der Waals surface area (Å²) in [6.45, 7) is 6.51. The Morgan fingerprint density at radius 1 is 0.939 bits per heavy atom. The molecule has 0 saturated carbocycles. The molecule has 0 aliphatic carbocycles. The number of para-hydroxylation sites is 1. The van der Waals surface area contributed by atoms with Crippen LogP contribution in [0.1, 0.15) is 53.0 Å². The van der Waals surface area contributed by atoms with Crippen molar-refractivity contribution in [2.75, 3.05) is 18.4 Å². The highest BCUT2D eigenvalue weighted by molar-refractivity contribution is 7.89. The number of rotatable bonds is 5. The molecule has 1 saturated heterocycles. The number of amides is 1. The Bertz CT molecular complexity index is 1260. The molecule has 1 aliphatic heterocycles. The number of benzene rings is 2. The molecule has 0 bridgehead atoms. The van der Waals surface area contributed by atoms with Crippen molar-refractivity contribution in [3.8, 4) is 5.69 Å². The van der Waals surface area contributed by atoms with Crippen molar-refractivity contribution < 1.29 is 13.2 Å². The van der Waals surface area contributed by atoms with Gasteiger partial charge in [0, 0.05) is 18.8 Å². The third-order valence-electron chi connectivity index (χ3n) is 6.15. The predicted molar refractivity (Wildman–Crippen MR) is 129 cm³/mol. The summed E-state index contributed by atoms with van der Waals surface area (Å²) in [5.74, 6) is -0.311. The van der Waals surface area contributed by atoms with Crippen LogP contribution in [-0.4, -0.2) is 41.5 Å². The Morgan fingerprint density at radius 2 is 1.61 bits per heavy atom. The first-order chi connectivity index (χ1) is 15.8. The highest BCUT2D eigenvalue weighted by atomic mass is 32.2. The number of carbonyl (C=O) groups excluding carboxylic acids is 1. The normalized spacial score (nSPS) is 15.2. The van der Waals surface area contributed by atoms with Crippen LogP contribution in [0.3, 0.4) is 0 Å². The summed E-state index contributed by atoms with van der Waals surface area (Å²) in [5.41, 5.74) is 3.81. The molecule has 7 nitrogen and oxygen atoms in total. The zero-order valence-electron chi connectivity index (χ0n) is 19.3. The molecule has 0 atom stereocenters. The van der Waals surface area contributed by atoms with Crippen molar-refractivity contribution >= 4 is 21.6 Å². The van der Waals surface area contributed by atoms with Crippen molar-refractivity contribution in [1.82, 2.24) is 14.1 Å². The van der Waals surface area contributed by atoms with Crippen molar-refractivity contribution in [2.45, 2.75) is 51.3 Å². The molecule has 4 rings (SSSR count). The second kappa shape index (κ2) is 9.49. The van der Waals surface area contributed by atoms with Crippen LogP contribution in [0.4, 0.5) is 5.69 Å². The van der Waals surface area contributed by atoms with E-state index < -0.39 is 10.0 Å². The van der Waals surface area contributed by atoms with Crippen LogP contribution in [-0.2, 0) is 10.0 Å². The summed E-state index contributed by atoms with van der Waals surface area (Å²) in [6.07, 6.45) is 3.85. The lowest BCUT2D eigenvalue weighted by Crippen LogP contribution is -2.32. The molecule has 2 aromatic carbocycles. The van der Waals surface area contributed by atoms with Crippen LogP contribution in [0.15, 0.2) is 53.4 Å². The number of sulfonamides is 1. The lowest BCUT2D eigenvalue weighted by molar-refractivity contribution is 0.102. The maximum absolute atomic E-state index is 13.3. The molecule has 1 aromatic heterocycles. The summed E-state index contributed by atoms with van der Waals surface area (Å²) >= 11 is 0. The largest absolute Gasteiger partial charge is 0.322 e. The van der Waals surface area contributed by atoms with Gasteiger partial charge in [-0.3, -0.25) is 4.79 Å². The molecule has 3 aromatic rings. The molecule has 33 heavy (non-hydrogen) atoms. The van der Waals surface area contributed by atoms with Gasteiger partial charge in [-0.2, -0.15) is 9.40 Å². The Hall–Kier alpha value is -2.97. The predicted octanol–water partition coefficient (Wildman–Crippen LogP) is 4.61. The van der Waals surface area contributed by atoms with E-state index in [0.29, 0.717) is 35.6 Å². The average Bonchev–Trinajstić information content (AvgIpc) is 2.97. The third-order valence-corrected chi connectivity index (χ3v) is 8.19. The minimum absolute atomic E-state index is 0.246. The zero-order valence-corrected chi connectivity index (χ0v) is 20.2. The van der Waals surface area contributed by atoms with E-state index in [1.165, 1.54) is 0 Å². The second-order valence-corrected chi connectivity index (χ2v) is 10.5. The smallest absolute Gasteiger partial charge is 0.259 e. The van der Waals surface area contributed by atoms with Gasteiger partial charge in [0.25, 0.3) is 5.91 Å². The minimum Gasteiger partial charge on any atom is -0.322 e. The lowest BCUT2D eigenvalue weighted by Gasteiger charge is -2.21. The van der Waals surface area contributed by atoms with Crippen molar-refractivity contribution in [2.24, 2.45) is 0 Å². The first kappa shape index (κ1) is 23.2. The number of nitrogens with zero attached hydrogens (tertiary/aromatic N) is 3. The molecule has 1 fully saturated rings. The van der Waals surface area contributed by atoms with E-state index in [1.54, 1.807) is 41.0 Å². The summed E-state index contributed by atoms with van der Waals surface area (Å²) in [7, 11) is -3.62. The van der Waals surface area contributed by atoms with Crippen LogP contribution < -0.4 is 5.32 Å². The maximum Gasteiger partial charge on any atom is 0.259 e. The van der Waals surface area contributed by atoms with Gasteiger partial charge >= 0.3 is 0 Å². The fourth-order valence-electron chi connectivity index (χ4n) is 4.36. The Balaban J connectivity index is 1.62. The second-order valence-electron chi connectivity index (χ2n) is 8.55. The van der Waals surface area contributed by atoms with E-state index in [2.05, 4.69) is 10.4 Å². The molecule has 1 N–H and O–H groups in total. The first-order valence-electron chi connectivity index (χ1n) is 11.3. The minimum atomic E-state index is -3.62. The highest BCUT2D eigenvalue weighted by Crippen LogP contribution is 2.27. The number of aryl methyl sites for hydroxylation is 2. The molecule has 1 amide bonds. The fourth-order valence-corrected chi connectivity index (χ4v) is 6.13. The van der Waals surface area contributed by atoms with Gasteiger partial charge in [0.2, 0.25) is 10.0 Å². The van der Waals surface area contributed by atoms with Crippen LogP contribution in [0.25, 0.3) is 5.69 Å². The summed E-state index contributed by atoms with van der Waals surface area (Å²) < 4.78 is 30.0. The van der Waals surface area contributed by atoms with E-state index in [-0.39, 0.29) is 10.8 Å². The average molecular weight is 467 g/mol. The first-order valence-corrected chi connectivity index (χ1v) is 12.8. The monoisotopic (exact) mass is 466 g/mol. The van der Waals surface area contributed by atoms with E-state index in [9.17, 15) is 13.2 Å². The molecule has 0 spiro atoms. The summed E-state index contributed by atoms with van der Waals surface area (Å²) in [5, 5.41) is 7.42. The van der Waals surface area contributed by atoms with E-state index >= 15 is 0 Å². The molecular weight excluding hydrogens is 436 g/mol. The van der Waals surface area contributed by atoms with E-state index in [1.807, 2.05) is 37.3 Å². The molecule has 2 heterocycles. The third kappa shape index (κ3) is 4.72. The standard InChI is InChI=1S/C25H30N4O3S/c1-18-13-14-21(17-23(18)33(31,32)28-15-9-4-5-10-16-28)26-25(30)24-19(2)27-29(20(24)3)22-11-7-6-8-12-22/h6-8,11-14,17H,4-5,9-10,15-16H2,1-3H3,(H,26,30). The number of carbonyl (C=O) groups is 1. The maximum atomic E-state index is 13.3. The van der Waals surface area contributed by atoms with Gasteiger partial charge in [0.15, 0.2) is 0 Å². The van der Waals surface area contributed by atoms with Gasteiger partial charge in [-0.1, -0.05) is 37.1 Å². The molecule has 0 unspecified atom stereocenters. The zero-order chi connectivity index (χ0) is 23.6. The van der Waals surface area contributed by atoms with Gasteiger partial charge in [-0.15, -0.1) is 0 Å². The van der Waals surface area contributed by atoms with E-state index in [4.69, 9.17) is 0 Å². The molecule has 8 heteroatoms. The number of hydrogen-bond acceptors (Lipinski definition) is 4. The van der Waals surface area contributed by atoms with Crippen LogP contribution in [0.2, 0.25) is 0 Å². The number of nitrogens with one attached hydrogen (secondary N) is 1. The fraction of sp³-hybridized carbons (Fsp3) is 0.360. The number of hydrogen-bond donors (Lipinski definition) is 1. The topological polar surface area (TPSA) is 84.3 Å². The van der Waals surface area contributed by atoms with Gasteiger partial charge in [0.05, 0.1) is 27.5 Å². The van der Waals surface area contributed by atoms with Crippen molar-refractivity contribution in [1.29, 1.82) is 0 Å². The molecular formula is C25H30N4O3S. The Kier molecular flexibility index (Phi) is 6.67. The Labute approximate surface area is 195 Å². The number of aromatic nitrogens is 2. The Morgan fingerprint density at radius 3 is 2.27 bits per heavy atom.